The molecule has 3 rings (SSSR count). The third-order valence-corrected chi connectivity index (χ3v) is 5.02. The van der Waals surface area contributed by atoms with Crippen molar-refractivity contribution in [2.75, 3.05) is 6.61 Å². The van der Waals surface area contributed by atoms with E-state index in [-0.39, 0.29) is 29.0 Å². The fourth-order valence-electron chi connectivity index (χ4n) is 2.80. The molecular formula is C16H14O9S. The number of carbonyl (C=O) groups excluding carboxylic acids is 1. The quantitative estimate of drug-likeness (QED) is 0.486. The molecular weight excluding hydrogens is 368 g/mol. The van der Waals surface area contributed by atoms with Gasteiger partial charge in [0.15, 0.2) is 5.78 Å². The molecule has 1 aliphatic rings. The Balaban J connectivity index is 2.11. The lowest BCUT2D eigenvalue weighted by atomic mass is 9.87. The molecule has 0 saturated carbocycles. The van der Waals surface area contributed by atoms with Crippen molar-refractivity contribution in [3.8, 4) is 23.0 Å². The van der Waals surface area contributed by atoms with Crippen LogP contribution in [-0.4, -0.2) is 45.8 Å². The van der Waals surface area contributed by atoms with Gasteiger partial charge >= 0.3 is 0 Å². The van der Waals surface area contributed by atoms with Crippen LogP contribution >= 0.6 is 0 Å². The lowest BCUT2D eigenvalue weighted by Gasteiger charge is -2.26. The van der Waals surface area contributed by atoms with E-state index in [0.717, 1.165) is 18.2 Å². The average Bonchev–Trinajstić information content (AvgIpc) is 2.55. The van der Waals surface area contributed by atoms with E-state index in [1.807, 2.05) is 0 Å². The highest BCUT2D eigenvalue weighted by molar-refractivity contribution is 7.86. The van der Waals surface area contributed by atoms with Gasteiger partial charge in [-0.05, 0) is 17.7 Å². The summed E-state index contributed by atoms with van der Waals surface area (Å²) in [6, 6.07) is 4.32. The lowest BCUT2D eigenvalue weighted by Crippen LogP contribution is -2.26. The first kappa shape index (κ1) is 18.0. The Kier molecular flexibility index (Phi) is 4.26. The van der Waals surface area contributed by atoms with E-state index in [0.29, 0.717) is 0 Å². The summed E-state index contributed by atoms with van der Waals surface area (Å²) in [6.07, 6.45) is 0. The molecule has 1 aliphatic heterocycles. The molecule has 0 fully saturated rings. The number of phenolic OH excluding ortho intramolecular Hbond substituents is 1. The van der Waals surface area contributed by atoms with E-state index in [2.05, 4.69) is 0 Å². The number of ether oxygens (including phenoxy) is 1. The predicted octanol–water partition coefficient (Wildman–Crippen LogP) is 0.901. The summed E-state index contributed by atoms with van der Waals surface area (Å²) in [5, 5.41) is 38.7. The van der Waals surface area contributed by atoms with Gasteiger partial charge in [0.05, 0.1) is 18.1 Å². The summed E-state index contributed by atoms with van der Waals surface area (Å²) in [7, 11) is -4.71. The summed E-state index contributed by atoms with van der Waals surface area (Å²) < 4.78 is 37.2. The van der Waals surface area contributed by atoms with Crippen molar-refractivity contribution in [3.05, 3.63) is 41.0 Å². The molecule has 26 heavy (non-hydrogen) atoms. The summed E-state index contributed by atoms with van der Waals surface area (Å²) in [6.45, 7) is -0.937. The van der Waals surface area contributed by atoms with E-state index in [1.165, 1.54) is 6.07 Å². The standard InChI is InChI=1S/C16H14O9S/c17-5-8-11(19)4-12-14(15(8)20)16(21)9(6-25-12)7-1-2-10(18)13(3-7)26(22,23)24/h1-4,9,17-20H,5-6H2,(H,22,23,24). The zero-order chi connectivity index (χ0) is 19.2. The summed E-state index contributed by atoms with van der Waals surface area (Å²) in [5.74, 6) is -3.50. The van der Waals surface area contributed by atoms with Crippen molar-refractivity contribution < 1.29 is 42.9 Å². The second-order valence-corrected chi connectivity index (χ2v) is 7.07. The Bertz CT molecular complexity index is 1010. The van der Waals surface area contributed by atoms with Gasteiger partial charge in [-0.15, -0.1) is 0 Å². The topological polar surface area (TPSA) is 162 Å². The second-order valence-electron chi connectivity index (χ2n) is 5.68. The number of hydrogen-bond donors (Lipinski definition) is 5. The van der Waals surface area contributed by atoms with Gasteiger partial charge in [-0.25, -0.2) is 0 Å². The van der Waals surface area contributed by atoms with Crippen LogP contribution in [0.3, 0.4) is 0 Å². The van der Waals surface area contributed by atoms with Crippen LogP contribution in [0.2, 0.25) is 0 Å². The third-order valence-electron chi connectivity index (χ3n) is 4.14. The SMILES string of the molecule is O=C1c2c(cc(O)c(CO)c2O)OCC1c1ccc(O)c(S(=O)(=O)O)c1. The first-order valence-electron chi connectivity index (χ1n) is 7.31. The average molecular weight is 382 g/mol. The van der Waals surface area contributed by atoms with Gasteiger partial charge in [0, 0.05) is 6.07 Å². The molecule has 2 aromatic carbocycles. The minimum Gasteiger partial charge on any atom is -0.507 e. The number of carbonyl (C=O) groups is 1. The number of aliphatic hydroxyl groups excluding tert-OH is 1. The predicted molar refractivity (Wildman–Crippen MR) is 86.2 cm³/mol. The highest BCUT2D eigenvalue weighted by Crippen LogP contribution is 2.43. The number of benzene rings is 2. The molecule has 0 radical (unpaired) electrons. The van der Waals surface area contributed by atoms with Gasteiger partial charge in [0.2, 0.25) is 0 Å². The normalized spacial score (nSPS) is 16.8. The maximum atomic E-state index is 12.8. The van der Waals surface area contributed by atoms with Crippen LogP contribution in [-0.2, 0) is 16.7 Å². The maximum Gasteiger partial charge on any atom is 0.298 e. The minimum atomic E-state index is -4.71. The molecule has 0 saturated heterocycles. The molecule has 0 aromatic heterocycles. The van der Waals surface area contributed by atoms with E-state index in [1.54, 1.807) is 0 Å². The summed E-state index contributed by atoms with van der Waals surface area (Å²) in [4.78, 5) is 12.0. The first-order chi connectivity index (χ1) is 12.1. The highest BCUT2D eigenvalue weighted by Gasteiger charge is 2.35. The van der Waals surface area contributed by atoms with Crippen LogP contribution < -0.4 is 4.74 Å². The van der Waals surface area contributed by atoms with E-state index < -0.39 is 50.6 Å². The number of ketones is 1. The van der Waals surface area contributed by atoms with Crippen molar-refractivity contribution in [3.63, 3.8) is 0 Å². The van der Waals surface area contributed by atoms with Crippen molar-refractivity contribution in [1.29, 1.82) is 0 Å². The van der Waals surface area contributed by atoms with Crippen molar-refractivity contribution in [2.24, 2.45) is 0 Å². The van der Waals surface area contributed by atoms with Crippen LogP contribution in [0.15, 0.2) is 29.2 Å². The zero-order valence-corrected chi connectivity index (χ0v) is 13.9. The molecule has 0 spiro atoms. The number of phenols is 3. The van der Waals surface area contributed by atoms with Crippen LogP contribution in [0.5, 0.6) is 23.0 Å². The highest BCUT2D eigenvalue weighted by atomic mass is 32.2. The molecule has 1 heterocycles. The van der Waals surface area contributed by atoms with Crippen LogP contribution in [0.4, 0.5) is 0 Å². The van der Waals surface area contributed by atoms with Gasteiger partial charge in [-0.3, -0.25) is 9.35 Å². The van der Waals surface area contributed by atoms with Crippen molar-refractivity contribution in [1.82, 2.24) is 0 Å². The molecule has 0 bridgehead atoms. The van der Waals surface area contributed by atoms with Crippen LogP contribution in [0.25, 0.3) is 0 Å². The molecule has 0 aliphatic carbocycles. The molecule has 1 unspecified atom stereocenters. The smallest absolute Gasteiger partial charge is 0.298 e. The molecule has 9 nitrogen and oxygen atoms in total. The molecule has 138 valence electrons. The van der Waals surface area contributed by atoms with Gasteiger partial charge in [0.1, 0.15) is 40.1 Å². The number of fused-ring (bicyclic) bond motifs is 1. The van der Waals surface area contributed by atoms with Crippen LogP contribution in [0, 0.1) is 0 Å². The fraction of sp³-hybridized carbons (Fsp3) is 0.188. The number of rotatable bonds is 3. The summed E-state index contributed by atoms with van der Waals surface area (Å²) in [5.41, 5.74) is -0.376. The van der Waals surface area contributed by atoms with E-state index >= 15 is 0 Å². The largest absolute Gasteiger partial charge is 0.507 e. The first-order valence-corrected chi connectivity index (χ1v) is 8.75. The van der Waals surface area contributed by atoms with Crippen molar-refractivity contribution >= 4 is 15.9 Å². The van der Waals surface area contributed by atoms with Gasteiger partial charge in [0.25, 0.3) is 10.1 Å². The summed E-state index contributed by atoms with van der Waals surface area (Å²) >= 11 is 0. The monoisotopic (exact) mass is 382 g/mol. The molecule has 1 atom stereocenters. The fourth-order valence-corrected chi connectivity index (χ4v) is 3.42. The Hall–Kier alpha value is -2.82. The second kappa shape index (κ2) is 6.16. The minimum absolute atomic E-state index is 0.0766. The van der Waals surface area contributed by atoms with Gasteiger partial charge in [-0.1, -0.05) is 6.07 Å². The number of Topliss-reactive ketones (excluding diaryl/α,β-unsaturated/α-hetero) is 1. The van der Waals surface area contributed by atoms with Gasteiger partial charge < -0.3 is 25.2 Å². The lowest BCUT2D eigenvalue weighted by molar-refractivity contribution is 0.0891. The van der Waals surface area contributed by atoms with E-state index in [4.69, 9.17) is 9.29 Å². The van der Waals surface area contributed by atoms with Crippen LogP contribution in [0.1, 0.15) is 27.4 Å². The maximum absolute atomic E-state index is 12.8. The Morgan fingerprint density at radius 2 is 1.81 bits per heavy atom. The Morgan fingerprint density at radius 3 is 2.42 bits per heavy atom. The Labute approximate surface area is 147 Å². The number of aliphatic hydroxyl groups is 1. The third kappa shape index (κ3) is 2.83. The molecule has 0 amide bonds. The number of hydrogen-bond acceptors (Lipinski definition) is 8. The van der Waals surface area contributed by atoms with Gasteiger partial charge in [-0.2, -0.15) is 8.42 Å². The molecule has 10 heteroatoms. The van der Waals surface area contributed by atoms with Crippen molar-refractivity contribution in [2.45, 2.75) is 17.4 Å². The Morgan fingerprint density at radius 1 is 1.12 bits per heavy atom. The molecule has 5 N–H and O–H groups in total. The van der Waals surface area contributed by atoms with E-state index in [9.17, 15) is 33.6 Å². The number of aromatic hydroxyl groups is 3. The zero-order valence-electron chi connectivity index (χ0n) is 13.1. The molecule has 2 aromatic rings.